The van der Waals surface area contributed by atoms with E-state index in [0.717, 1.165) is 33.4 Å². The molecule has 0 atom stereocenters. The maximum atomic E-state index is 3.09. The highest BCUT2D eigenvalue weighted by Gasteiger charge is 1.97. The molecule has 0 nitrogen and oxygen atoms in total. The molecule has 146 valence electrons. The van der Waals surface area contributed by atoms with Crippen molar-refractivity contribution in [2.75, 3.05) is 0 Å². The van der Waals surface area contributed by atoms with Gasteiger partial charge in [0.1, 0.15) is 0 Å². The molecule has 4 rings (SSSR count). The Hall–Kier alpha value is -4.88. The second-order valence-electron chi connectivity index (χ2n) is 6.89. The molecule has 0 heterocycles. The fourth-order valence-corrected chi connectivity index (χ4v) is 2.95. The van der Waals surface area contributed by atoms with E-state index in [4.69, 9.17) is 0 Å². The minimum atomic E-state index is 0.940. The van der Waals surface area contributed by atoms with Gasteiger partial charge in [-0.1, -0.05) is 84.3 Å². The van der Waals surface area contributed by atoms with E-state index >= 15 is 0 Å². The fourth-order valence-electron chi connectivity index (χ4n) is 2.95. The molecule has 0 amide bonds. The first kappa shape index (κ1) is 20.4. The smallest absolute Gasteiger partial charge is 0.0255 e. The Morgan fingerprint density at radius 3 is 0.875 bits per heavy atom. The van der Waals surface area contributed by atoms with Gasteiger partial charge in [-0.05, 0) is 83.3 Å². The number of hydrogen-bond donors (Lipinski definition) is 0. The third kappa shape index (κ3) is 6.06. The molecule has 0 aliphatic heterocycles. The summed E-state index contributed by atoms with van der Waals surface area (Å²) < 4.78 is 0. The molecule has 0 spiro atoms. The van der Waals surface area contributed by atoms with Gasteiger partial charge < -0.3 is 0 Å². The Morgan fingerprint density at radius 2 is 0.562 bits per heavy atom. The van der Waals surface area contributed by atoms with Crippen molar-refractivity contribution < 1.29 is 0 Å². The number of hydrogen-bond acceptors (Lipinski definition) is 0. The fraction of sp³-hybridized carbons (Fsp3) is 0. The molecule has 0 aliphatic rings. The topological polar surface area (TPSA) is 0 Å². The molecule has 0 radical (unpaired) electrons. The van der Waals surface area contributed by atoms with Crippen molar-refractivity contribution in [2.24, 2.45) is 0 Å². The Morgan fingerprint density at radius 1 is 0.281 bits per heavy atom. The maximum Gasteiger partial charge on any atom is 0.0255 e. The lowest BCUT2D eigenvalue weighted by Gasteiger charge is -2.02. The summed E-state index contributed by atoms with van der Waals surface area (Å²) in [5, 5.41) is 0. The molecule has 4 aromatic carbocycles. The molecule has 0 fully saturated rings. The van der Waals surface area contributed by atoms with Crippen LogP contribution in [0.2, 0.25) is 0 Å². The van der Waals surface area contributed by atoms with E-state index in [1.54, 1.807) is 0 Å². The second kappa shape index (κ2) is 10.8. The van der Waals surface area contributed by atoms with Gasteiger partial charge in [0, 0.05) is 22.3 Å². The lowest BCUT2D eigenvalue weighted by molar-refractivity contribution is 1.58. The summed E-state index contributed by atoms with van der Waals surface area (Å²) in [6, 6.07) is 36.0. The van der Waals surface area contributed by atoms with Crippen LogP contribution in [0.15, 0.2) is 109 Å². The zero-order chi connectivity index (χ0) is 21.8. The summed E-state index contributed by atoms with van der Waals surface area (Å²) in [6.45, 7) is 0. The number of rotatable bonds is 1. The van der Waals surface area contributed by atoms with Gasteiger partial charge in [-0.2, -0.15) is 0 Å². The quantitative estimate of drug-likeness (QED) is 0.335. The second-order valence-corrected chi connectivity index (χ2v) is 6.89. The van der Waals surface area contributed by atoms with Crippen LogP contribution in [0.25, 0.3) is 11.1 Å². The van der Waals surface area contributed by atoms with E-state index in [9.17, 15) is 0 Å². The lowest BCUT2D eigenvalue weighted by Crippen LogP contribution is -1.80. The highest BCUT2D eigenvalue weighted by Crippen LogP contribution is 2.20. The third-order valence-electron chi connectivity index (χ3n) is 4.60. The molecule has 0 saturated heterocycles. The molecule has 0 N–H and O–H groups in total. The van der Waals surface area contributed by atoms with Gasteiger partial charge in [0.25, 0.3) is 0 Å². The van der Waals surface area contributed by atoms with Crippen LogP contribution in [0.4, 0.5) is 0 Å². The lowest BCUT2D eigenvalue weighted by atomic mass is 10.0. The average molecular weight is 402 g/mol. The van der Waals surface area contributed by atoms with Gasteiger partial charge in [-0.25, -0.2) is 0 Å². The Bertz CT molecular complexity index is 1310. The highest BCUT2D eigenvalue weighted by molar-refractivity contribution is 5.65. The van der Waals surface area contributed by atoms with Gasteiger partial charge in [-0.15, -0.1) is 0 Å². The van der Waals surface area contributed by atoms with E-state index in [1.165, 1.54) is 0 Å². The first-order valence-electron chi connectivity index (χ1n) is 10.2. The zero-order valence-corrected chi connectivity index (χ0v) is 17.4. The Balaban J connectivity index is 1.39. The minimum absolute atomic E-state index is 0.940. The molecule has 0 aliphatic carbocycles. The third-order valence-corrected chi connectivity index (χ3v) is 4.60. The minimum Gasteiger partial charge on any atom is -0.0622 e. The van der Waals surface area contributed by atoms with E-state index in [-0.39, 0.29) is 0 Å². The van der Waals surface area contributed by atoms with Crippen LogP contribution in [0.3, 0.4) is 0 Å². The molecule has 0 bridgehead atoms. The van der Waals surface area contributed by atoms with E-state index in [1.807, 2.05) is 84.9 Å². The van der Waals surface area contributed by atoms with Crippen molar-refractivity contribution in [3.05, 3.63) is 131 Å². The van der Waals surface area contributed by atoms with Crippen molar-refractivity contribution in [2.45, 2.75) is 0 Å². The van der Waals surface area contributed by atoms with Gasteiger partial charge in [0.15, 0.2) is 0 Å². The normalized spacial score (nSPS) is 8.88. The van der Waals surface area contributed by atoms with Gasteiger partial charge in [0.05, 0.1) is 0 Å². The van der Waals surface area contributed by atoms with Crippen LogP contribution in [-0.2, 0) is 0 Å². The van der Waals surface area contributed by atoms with Crippen LogP contribution < -0.4 is 0 Å². The van der Waals surface area contributed by atoms with E-state index in [0.29, 0.717) is 0 Å². The van der Waals surface area contributed by atoms with Crippen molar-refractivity contribution in [1.29, 1.82) is 0 Å². The summed E-state index contributed by atoms with van der Waals surface area (Å²) in [6.07, 6.45) is 0. The molecular formula is C32H18. The van der Waals surface area contributed by atoms with Gasteiger partial charge >= 0.3 is 0 Å². The average Bonchev–Trinajstić information content (AvgIpc) is 2.87. The zero-order valence-electron chi connectivity index (χ0n) is 17.4. The molecular weight excluding hydrogens is 384 g/mol. The summed E-state index contributed by atoms with van der Waals surface area (Å²) in [5.74, 6) is 23.9. The summed E-state index contributed by atoms with van der Waals surface area (Å²) >= 11 is 0. The molecule has 4 aromatic rings. The summed E-state index contributed by atoms with van der Waals surface area (Å²) in [7, 11) is 0. The molecule has 0 saturated carbocycles. The van der Waals surface area contributed by atoms with E-state index < -0.39 is 0 Å². The monoisotopic (exact) mass is 402 g/mol. The highest BCUT2D eigenvalue weighted by atomic mass is 14.0. The largest absolute Gasteiger partial charge is 0.0622 e. The number of benzene rings is 4. The molecule has 0 heteroatoms. The van der Waals surface area contributed by atoms with Crippen LogP contribution in [0.1, 0.15) is 22.3 Å². The van der Waals surface area contributed by atoms with Gasteiger partial charge in [-0.3, -0.25) is 0 Å². The first-order valence-corrected chi connectivity index (χ1v) is 10.2. The standard InChI is InChI=1S/C32H18/c1-3-11-27(12-4-1)15-7-9-17-29-19-23-31(24-20-29)32-25-21-30(22-26-32)18-10-8-16-28-13-5-2-6-14-28/h1-6,11-14,19-26H. The van der Waals surface area contributed by atoms with Crippen molar-refractivity contribution in [1.82, 2.24) is 0 Å². The van der Waals surface area contributed by atoms with Crippen molar-refractivity contribution in [3.8, 4) is 58.5 Å². The molecule has 0 aromatic heterocycles. The van der Waals surface area contributed by atoms with E-state index in [2.05, 4.69) is 71.6 Å². The summed E-state index contributed by atoms with van der Waals surface area (Å²) in [5.41, 5.74) is 6.08. The Labute approximate surface area is 190 Å². The van der Waals surface area contributed by atoms with Crippen molar-refractivity contribution in [3.63, 3.8) is 0 Å². The first-order chi connectivity index (χ1) is 15.9. The molecule has 32 heavy (non-hydrogen) atoms. The van der Waals surface area contributed by atoms with Crippen LogP contribution >= 0.6 is 0 Å². The van der Waals surface area contributed by atoms with Crippen LogP contribution in [-0.4, -0.2) is 0 Å². The maximum absolute atomic E-state index is 3.09. The summed E-state index contributed by atoms with van der Waals surface area (Å²) in [4.78, 5) is 0. The predicted octanol–water partition coefficient (Wildman–Crippen LogP) is 6.16. The van der Waals surface area contributed by atoms with Crippen molar-refractivity contribution >= 4 is 0 Å². The van der Waals surface area contributed by atoms with Gasteiger partial charge in [0.2, 0.25) is 0 Å². The van der Waals surface area contributed by atoms with Crippen LogP contribution in [0.5, 0.6) is 0 Å². The SMILES string of the molecule is C(C#Cc1ccc(-c2ccc(C#CC#Cc3ccccc3)cc2)cc1)#Cc1ccccc1. The predicted molar refractivity (Wildman–Crippen MR) is 132 cm³/mol. The molecule has 0 unspecified atom stereocenters. The Kier molecular flexibility index (Phi) is 6.86. The van der Waals surface area contributed by atoms with Crippen LogP contribution in [0, 0.1) is 47.4 Å².